The van der Waals surface area contributed by atoms with Crippen molar-refractivity contribution in [1.82, 2.24) is 10.3 Å². The first kappa shape index (κ1) is 15.0. The van der Waals surface area contributed by atoms with Crippen LogP contribution < -0.4 is 5.32 Å². The van der Waals surface area contributed by atoms with E-state index in [2.05, 4.69) is 46.7 Å². The highest BCUT2D eigenvalue weighted by Gasteiger charge is 2.28. The third-order valence-electron chi connectivity index (χ3n) is 5.12. The number of carbonyl (C=O) groups excluding carboxylic acids is 1. The first-order valence-electron chi connectivity index (χ1n) is 8.66. The van der Waals surface area contributed by atoms with Gasteiger partial charge in [-0.1, -0.05) is 48.5 Å². The summed E-state index contributed by atoms with van der Waals surface area (Å²) in [5.74, 6) is 0.227. The predicted octanol–water partition coefficient (Wildman–Crippen LogP) is 4.15. The maximum Gasteiger partial charge on any atom is 0.223 e. The number of aryl methyl sites for hydroxylation is 1. The third-order valence-corrected chi connectivity index (χ3v) is 5.12. The lowest BCUT2D eigenvalue weighted by molar-refractivity contribution is -0.126. The highest BCUT2D eigenvalue weighted by molar-refractivity contribution is 5.87. The molecule has 1 aliphatic rings. The minimum Gasteiger partial charge on any atom is -0.358 e. The van der Waals surface area contributed by atoms with Gasteiger partial charge in [0.25, 0.3) is 0 Å². The number of aromatic amines is 1. The van der Waals surface area contributed by atoms with Gasteiger partial charge in [0.05, 0.1) is 6.04 Å². The Bertz CT molecular complexity index is 866. The first-order valence-corrected chi connectivity index (χ1v) is 8.66. The van der Waals surface area contributed by atoms with Gasteiger partial charge in [0.1, 0.15) is 0 Å². The van der Waals surface area contributed by atoms with Crippen LogP contribution in [-0.4, -0.2) is 10.9 Å². The van der Waals surface area contributed by atoms with Crippen LogP contribution in [-0.2, 0) is 17.6 Å². The normalized spacial score (nSPS) is 18.1. The highest BCUT2D eigenvalue weighted by Crippen LogP contribution is 2.32. The van der Waals surface area contributed by atoms with Crippen molar-refractivity contribution in [1.29, 1.82) is 0 Å². The Morgan fingerprint density at radius 2 is 1.88 bits per heavy atom. The Labute approximate surface area is 142 Å². The van der Waals surface area contributed by atoms with Gasteiger partial charge in [0, 0.05) is 22.5 Å². The summed E-state index contributed by atoms with van der Waals surface area (Å²) >= 11 is 0. The van der Waals surface area contributed by atoms with Crippen molar-refractivity contribution in [3.63, 3.8) is 0 Å². The number of para-hydroxylation sites is 1. The van der Waals surface area contributed by atoms with E-state index in [1.165, 1.54) is 22.2 Å². The van der Waals surface area contributed by atoms with Crippen LogP contribution in [0.5, 0.6) is 0 Å². The number of H-pyrrole nitrogens is 1. The summed E-state index contributed by atoms with van der Waals surface area (Å²) in [6.07, 6.45) is 2.68. The molecule has 2 N–H and O–H groups in total. The van der Waals surface area contributed by atoms with E-state index in [-0.39, 0.29) is 17.9 Å². The van der Waals surface area contributed by atoms with Gasteiger partial charge in [-0.2, -0.15) is 0 Å². The van der Waals surface area contributed by atoms with E-state index < -0.39 is 0 Å². The molecule has 2 aromatic carbocycles. The van der Waals surface area contributed by atoms with Crippen LogP contribution in [0, 0.1) is 5.92 Å². The highest BCUT2D eigenvalue weighted by atomic mass is 16.1. The lowest BCUT2D eigenvalue weighted by Crippen LogP contribution is -2.35. The molecule has 1 aliphatic carbocycles. The smallest absolute Gasteiger partial charge is 0.223 e. The molecule has 1 amide bonds. The number of nitrogens with one attached hydrogen (secondary N) is 2. The predicted molar refractivity (Wildman–Crippen MR) is 96.8 cm³/mol. The number of fused-ring (bicyclic) bond motifs is 3. The van der Waals surface area contributed by atoms with Gasteiger partial charge in [-0.25, -0.2) is 0 Å². The monoisotopic (exact) mass is 318 g/mol. The van der Waals surface area contributed by atoms with Crippen molar-refractivity contribution in [2.24, 2.45) is 5.92 Å². The maximum absolute atomic E-state index is 12.7. The van der Waals surface area contributed by atoms with Crippen LogP contribution in [0.4, 0.5) is 0 Å². The molecule has 1 heterocycles. The summed E-state index contributed by atoms with van der Waals surface area (Å²) in [5, 5.41) is 4.45. The van der Waals surface area contributed by atoms with E-state index >= 15 is 0 Å². The number of hydrogen-bond acceptors (Lipinski definition) is 1. The summed E-state index contributed by atoms with van der Waals surface area (Å²) in [6, 6.07) is 18.6. The number of hydrogen-bond donors (Lipinski definition) is 2. The molecular formula is C21H22N2O. The number of aromatic nitrogens is 1. The van der Waals surface area contributed by atoms with Crippen LogP contribution in [0.2, 0.25) is 0 Å². The van der Waals surface area contributed by atoms with Crippen LogP contribution in [0.3, 0.4) is 0 Å². The van der Waals surface area contributed by atoms with Gasteiger partial charge in [-0.15, -0.1) is 0 Å². The van der Waals surface area contributed by atoms with E-state index in [1.54, 1.807) is 0 Å². The molecule has 0 aliphatic heterocycles. The van der Waals surface area contributed by atoms with E-state index in [4.69, 9.17) is 0 Å². The fourth-order valence-electron chi connectivity index (χ4n) is 3.75. The molecule has 24 heavy (non-hydrogen) atoms. The third kappa shape index (κ3) is 2.71. The zero-order valence-electron chi connectivity index (χ0n) is 13.9. The molecule has 4 rings (SSSR count). The average Bonchev–Trinajstić information content (AvgIpc) is 3.00. The summed E-state index contributed by atoms with van der Waals surface area (Å²) in [4.78, 5) is 16.2. The molecule has 1 aromatic heterocycles. The molecule has 0 bridgehead atoms. The van der Waals surface area contributed by atoms with Crippen molar-refractivity contribution in [3.05, 3.63) is 71.4 Å². The minimum absolute atomic E-state index is 0.0445. The molecule has 3 heteroatoms. The largest absolute Gasteiger partial charge is 0.358 e. The molecule has 122 valence electrons. The van der Waals surface area contributed by atoms with Gasteiger partial charge in [0.15, 0.2) is 0 Å². The fraction of sp³-hybridized carbons (Fsp3) is 0.286. The zero-order chi connectivity index (χ0) is 16.5. The quantitative estimate of drug-likeness (QED) is 0.748. The second kappa shape index (κ2) is 6.16. The van der Waals surface area contributed by atoms with E-state index in [0.29, 0.717) is 0 Å². The Morgan fingerprint density at radius 1 is 1.12 bits per heavy atom. The van der Waals surface area contributed by atoms with Crippen LogP contribution in [0.25, 0.3) is 10.9 Å². The molecule has 3 aromatic rings. The van der Waals surface area contributed by atoms with Crippen molar-refractivity contribution in [2.75, 3.05) is 0 Å². The standard InChI is InChI=1S/C21H22N2O/c1-14(15-7-3-2-4-8-15)22-21(24)16-11-12-20-18(13-16)17-9-5-6-10-19(17)23-20/h2-10,14,16,23H,11-13H2,1H3,(H,22,24). The molecule has 3 nitrogen and oxygen atoms in total. The Kier molecular flexibility index (Phi) is 3.85. The van der Waals surface area contributed by atoms with Crippen molar-refractivity contribution in [2.45, 2.75) is 32.2 Å². The second-order valence-corrected chi connectivity index (χ2v) is 6.71. The first-order chi connectivity index (χ1) is 11.7. The molecular weight excluding hydrogens is 296 g/mol. The SMILES string of the molecule is CC(NC(=O)C1CCc2[nH]c3ccccc3c2C1)c1ccccc1. The van der Waals surface area contributed by atoms with E-state index in [1.807, 2.05) is 25.1 Å². The molecule has 0 fully saturated rings. The lowest BCUT2D eigenvalue weighted by Gasteiger charge is -2.24. The Hall–Kier alpha value is -2.55. The summed E-state index contributed by atoms with van der Waals surface area (Å²) in [5.41, 5.74) is 4.95. The van der Waals surface area contributed by atoms with Gasteiger partial charge < -0.3 is 10.3 Å². The van der Waals surface area contributed by atoms with Gasteiger partial charge in [-0.05, 0) is 43.4 Å². The molecule has 0 saturated heterocycles. The van der Waals surface area contributed by atoms with Crippen LogP contribution in [0.1, 0.15) is 36.2 Å². The molecule has 0 spiro atoms. The summed E-state index contributed by atoms with van der Waals surface area (Å²) in [6.45, 7) is 2.05. The Morgan fingerprint density at radius 3 is 2.71 bits per heavy atom. The summed E-state index contributed by atoms with van der Waals surface area (Å²) < 4.78 is 0. The van der Waals surface area contributed by atoms with Crippen LogP contribution >= 0.6 is 0 Å². The topological polar surface area (TPSA) is 44.9 Å². The zero-order valence-corrected chi connectivity index (χ0v) is 13.9. The lowest BCUT2D eigenvalue weighted by atomic mass is 9.85. The maximum atomic E-state index is 12.7. The number of amides is 1. The van der Waals surface area contributed by atoms with Gasteiger partial charge in [-0.3, -0.25) is 4.79 Å². The molecule has 2 atom stereocenters. The van der Waals surface area contributed by atoms with Gasteiger partial charge in [0.2, 0.25) is 5.91 Å². The average molecular weight is 318 g/mol. The Balaban J connectivity index is 1.51. The number of carbonyl (C=O) groups is 1. The van der Waals surface area contributed by atoms with Crippen molar-refractivity contribution in [3.8, 4) is 0 Å². The second-order valence-electron chi connectivity index (χ2n) is 6.71. The molecule has 2 unspecified atom stereocenters. The number of benzene rings is 2. The van der Waals surface area contributed by atoms with E-state index in [0.717, 1.165) is 24.8 Å². The molecule has 0 saturated carbocycles. The minimum atomic E-state index is 0.0445. The van der Waals surface area contributed by atoms with Crippen molar-refractivity contribution < 1.29 is 4.79 Å². The number of rotatable bonds is 3. The van der Waals surface area contributed by atoms with Crippen LogP contribution in [0.15, 0.2) is 54.6 Å². The van der Waals surface area contributed by atoms with E-state index in [9.17, 15) is 4.79 Å². The summed E-state index contributed by atoms with van der Waals surface area (Å²) in [7, 11) is 0. The fourth-order valence-corrected chi connectivity index (χ4v) is 3.75. The molecule has 0 radical (unpaired) electrons. The van der Waals surface area contributed by atoms with Gasteiger partial charge >= 0.3 is 0 Å². The van der Waals surface area contributed by atoms with Crippen molar-refractivity contribution >= 4 is 16.8 Å².